The number of aryl methyl sites for hydroxylation is 1. The molecule has 0 N–H and O–H groups in total. The van der Waals surface area contributed by atoms with Crippen molar-refractivity contribution in [2.75, 3.05) is 12.4 Å². The van der Waals surface area contributed by atoms with Gasteiger partial charge < -0.3 is 4.74 Å². The number of carbonyl (C=O) groups is 1. The van der Waals surface area contributed by atoms with E-state index in [1.165, 1.54) is 12.1 Å². The number of esters is 1. The molecular formula is C13H18O4S. The second-order valence-electron chi connectivity index (χ2n) is 4.65. The number of benzene rings is 1. The summed E-state index contributed by atoms with van der Waals surface area (Å²) in [7, 11) is -3.60. The lowest BCUT2D eigenvalue weighted by molar-refractivity contribution is -0.141. The van der Waals surface area contributed by atoms with Gasteiger partial charge in [0.2, 0.25) is 0 Å². The highest BCUT2D eigenvalue weighted by Gasteiger charge is 2.20. The molecule has 0 saturated heterocycles. The summed E-state index contributed by atoms with van der Waals surface area (Å²) < 4.78 is 28.7. The van der Waals surface area contributed by atoms with Gasteiger partial charge in [-0.1, -0.05) is 31.5 Å². The third kappa shape index (κ3) is 4.49. The van der Waals surface area contributed by atoms with Crippen LogP contribution in [0.4, 0.5) is 0 Å². The number of sulfone groups is 1. The van der Waals surface area contributed by atoms with Crippen molar-refractivity contribution in [3.63, 3.8) is 0 Å². The van der Waals surface area contributed by atoms with Gasteiger partial charge in [-0.3, -0.25) is 4.79 Å². The Hall–Kier alpha value is -1.36. The maximum atomic E-state index is 11.9. The topological polar surface area (TPSA) is 60.4 Å². The Morgan fingerprint density at radius 3 is 2.28 bits per heavy atom. The molecule has 0 aromatic heterocycles. The van der Waals surface area contributed by atoms with Gasteiger partial charge in [0, 0.05) is 0 Å². The summed E-state index contributed by atoms with van der Waals surface area (Å²) >= 11 is 0. The minimum atomic E-state index is -3.60. The summed E-state index contributed by atoms with van der Waals surface area (Å²) in [6.07, 6.45) is 0. The van der Waals surface area contributed by atoms with Crippen molar-refractivity contribution in [2.24, 2.45) is 5.92 Å². The van der Waals surface area contributed by atoms with Crippen LogP contribution < -0.4 is 0 Å². The van der Waals surface area contributed by atoms with Crippen LogP contribution in [0.2, 0.25) is 0 Å². The van der Waals surface area contributed by atoms with Gasteiger partial charge in [-0.05, 0) is 25.0 Å². The fourth-order valence-electron chi connectivity index (χ4n) is 1.29. The molecule has 0 aliphatic rings. The lowest BCUT2D eigenvalue weighted by Gasteiger charge is -2.08. The highest BCUT2D eigenvalue weighted by atomic mass is 32.2. The normalized spacial score (nSPS) is 11.6. The molecule has 0 amide bonds. The van der Waals surface area contributed by atoms with Gasteiger partial charge >= 0.3 is 5.97 Å². The largest absolute Gasteiger partial charge is 0.465 e. The van der Waals surface area contributed by atoms with Crippen LogP contribution in [0.25, 0.3) is 0 Å². The van der Waals surface area contributed by atoms with Crippen molar-refractivity contribution in [2.45, 2.75) is 25.7 Å². The molecule has 0 bridgehead atoms. The molecule has 5 heteroatoms. The molecule has 0 atom stereocenters. The van der Waals surface area contributed by atoms with Gasteiger partial charge in [0.1, 0.15) is 0 Å². The SMILES string of the molecule is Cc1ccc(S(=O)(=O)CC(=O)OCC(C)C)cc1. The zero-order chi connectivity index (χ0) is 13.8. The third-order valence-corrected chi connectivity index (χ3v) is 3.87. The molecule has 0 radical (unpaired) electrons. The van der Waals surface area contributed by atoms with Crippen molar-refractivity contribution in [1.29, 1.82) is 0 Å². The fourth-order valence-corrected chi connectivity index (χ4v) is 2.40. The van der Waals surface area contributed by atoms with Crippen LogP contribution in [0.1, 0.15) is 19.4 Å². The molecule has 0 aliphatic carbocycles. The first-order valence-corrected chi connectivity index (χ1v) is 7.41. The highest BCUT2D eigenvalue weighted by molar-refractivity contribution is 7.92. The van der Waals surface area contributed by atoms with Crippen LogP contribution in [0.15, 0.2) is 29.2 Å². The van der Waals surface area contributed by atoms with Crippen molar-refractivity contribution in [3.8, 4) is 0 Å². The lowest BCUT2D eigenvalue weighted by atomic mass is 10.2. The van der Waals surface area contributed by atoms with Crippen molar-refractivity contribution >= 4 is 15.8 Å². The Labute approximate surface area is 108 Å². The molecule has 100 valence electrons. The minimum absolute atomic E-state index is 0.148. The van der Waals surface area contributed by atoms with Crippen LogP contribution in [-0.2, 0) is 19.4 Å². The van der Waals surface area contributed by atoms with E-state index in [2.05, 4.69) is 0 Å². The summed E-state index contributed by atoms with van der Waals surface area (Å²) in [4.78, 5) is 11.5. The summed E-state index contributed by atoms with van der Waals surface area (Å²) in [5, 5.41) is 0. The monoisotopic (exact) mass is 270 g/mol. The molecule has 1 aromatic carbocycles. The zero-order valence-electron chi connectivity index (χ0n) is 10.8. The summed E-state index contributed by atoms with van der Waals surface area (Å²) in [5.41, 5.74) is 0.969. The second kappa shape index (κ2) is 6.00. The van der Waals surface area contributed by atoms with E-state index in [0.29, 0.717) is 0 Å². The van der Waals surface area contributed by atoms with Crippen LogP contribution in [0.5, 0.6) is 0 Å². The Bertz CT molecular complexity index is 500. The Morgan fingerprint density at radius 2 is 1.78 bits per heavy atom. The number of rotatable bonds is 5. The molecule has 1 rings (SSSR count). The summed E-state index contributed by atoms with van der Waals surface area (Å²) in [6.45, 7) is 5.89. The molecule has 1 aromatic rings. The van der Waals surface area contributed by atoms with Gasteiger partial charge in [-0.15, -0.1) is 0 Å². The molecular weight excluding hydrogens is 252 g/mol. The smallest absolute Gasteiger partial charge is 0.321 e. The molecule has 0 unspecified atom stereocenters. The molecule has 0 fully saturated rings. The van der Waals surface area contributed by atoms with Crippen LogP contribution in [-0.4, -0.2) is 26.7 Å². The van der Waals surface area contributed by atoms with Crippen molar-refractivity contribution in [1.82, 2.24) is 0 Å². The first-order chi connectivity index (χ1) is 8.31. The van der Waals surface area contributed by atoms with E-state index in [0.717, 1.165) is 5.56 Å². The fraction of sp³-hybridized carbons (Fsp3) is 0.462. The third-order valence-electron chi connectivity index (χ3n) is 2.27. The maximum absolute atomic E-state index is 11.9. The zero-order valence-corrected chi connectivity index (χ0v) is 11.7. The van der Waals surface area contributed by atoms with E-state index in [-0.39, 0.29) is 17.4 Å². The molecule has 0 spiro atoms. The minimum Gasteiger partial charge on any atom is -0.465 e. The van der Waals surface area contributed by atoms with Gasteiger partial charge in [-0.2, -0.15) is 0 Å². The van der Waals surface area contributed by atoms with Crippen molar-refractivity contribution < 1.29 is 17.9 Å². The standard InChI is InChI=1S/C13H18O4S/c1-10(2)8-17-13(14)9-18(15,16)12-6-4-11(3)5-7-12/h4-7,10H,8-9H2,1-3H3. The Balaban J connectivity index is 2.70. The molecule has 4 nitrogen and oxygen atoms in total. The Kier molecular flexibility index (Phi) is 4.90. The molecule has 18 heavy (non-hydrogen) atoms. The van der Waals surface area contributed by atoms with E-state index >= 15 is 0 Å². The van der Waals surface area contributed by atoms with Crippen LogP contribution in [0.3, 0.4) is 0 Å². The molecule has 0 aliphatic heterocycles. The van der Waals surface area contributed by atoms with Gasteiger partial charge in [0.15, 0.2) is 15.6 Å². The van der Waals surface area contributed by atoms with E-state index in [1.807, 2.05) is 20.8 Å². The maximum Gasteiger partial charge on any atom is 0.321 e. The van der Waals surface area contributed by atoms with Crippen molar-refractivity contribution in [3.05, 3.63) is 29.8 Å². The van der Waals surface area contributed by atoms with E-state index in [4.69, 9.17) is 4.74 Å². The number of carbonyl (C=O) groups excluding carboxylic acids is 1. The lowest BCUT2D eigenvalue weighted by Crippen LogP contribution is -2.20. The number of hydrogen-bond acceptors (Lipinski definition) is 4. The predicted octanol–water partition coefficient (Wildman–Crippen LogP) is 1.97. The quantitative estimate of drug-likeness (QED) is 0.767. The number of hydrogen-bond donors (Lipinski definition) is 0. The predicted molar refractivity (Wildman–Crippen MR) is 69.0 cm³/mol. The van der Waals surface area contributed by atoms with Gasteiger partial charge in [0.05, 0.1) is 11.5 Å². The Morgan fingerprint density at radius 1 is 1.22 bits per heavy atom. The van der Waals surface area contributed by atoms with E-state index in [1.54, 1.807) is 12.1 Å². The van der Waals surface area contributed by atoms with E-state index in [9.17, 15) is 13.2 Å². The average molecular weight is 270 g/mol. The molecule has 0 heterocycles. The van der Waals surface area contributed by atoms with E-state index < -0.39 is 21.6 Å². The number of ether oxygens (including phenoxy) is 1. The highest BCUT2D eigenvalue weighted by Crippen LogP contribution is 2.12. The first-order valence-electron chi connectivity index (χ1n) is 5.76. The van der Waals surface area contributed by atoms with Crippen LogP contribution >= 0.6 is 0 Å². The average Bonchev–Trinajstić information content (AvgIpc) is 2.26. The van der Waals surface area contributed by atoms with Gasteiger partial charge in [-0.25, -0.2) is 8.42 Å². The van der Waals surface area contributed by atoms with Gasteiger partial charge in [0.25, 0.3) is 0 Å². The summed E-state index contributed by atoms with van der Waals surface area (Å²) in [6, 6.07) is 6.40. The van der Waals surface area contributed by atoms with Crippen LogP contribution in [0, 0.1) is 12.8 Å². The second-order valence-corrected chi connectivity index (χ2v) is 6.64. The first kappa shape index (κ1) is 14.7. The summed E-state index contributed by atoms with van der Waals surface area (Å²) in [5.74, 6) is -1.12. The molecule has 0 saturated carbocycles.